The molecule has 0 heterocycles. The van der Waals surface area contributed by atoms with Crippen molar-refractivity contribution in [3.8, 4) is 0 Å². The van der Waals surface area contributed by atoms with E-state index >= 15 is 0 Å². The summed E-state index contributed by atoms with van der Waals surface area (Å²) in [6, 6.07) is 0. The van der Waals surface area contributed by atoms with Crippen LogP contribution in [0.2, 0.25) is 0 Å². The normalized spacial score (nSPS) is 12.3. The van der Waals surface area contributed by atoms with Gasteiger partial charge in [-0.3, -0.25) is 4.55 Å². The van der Waals surface area contributed by atoms with Gasteiger partial charge in [0.15, 0.2) is 6.29 Å². The molecule has 0 bridgehead atoms. The first-order chi connectivity index (χ1) is 5.42. The van der Waals surface area contributed by atoms with Gasteiger partial charge in [-0.25, -0.2) is 0 Å². The SMILES string of the molecule is O=S(=O)(O)CCNCCC(O)O. The number of nitrogens with one attached hydrogen (secondary N) is 1. The highest BCUT2D eigenvalue weighted by Crippen LogP contribution is 1.83. The van der Waals surface area contributed by atoms with E-state index in [-0.39, 0.29) is 18.7 Å². The average Bonchev–Trinajstić information content (AvgIpc) is 1.83. The number of hydrogen-bond donors (Lipinski definition) is 4. The lowest BCUT2D eigenvalue weighted by Crippen LogP contribution is -2.25. The minimum absolute atomic E-state index is 0.103. The Bertz CT molecular complexity index is 200. The van der Waals surface area contributed by atoms with Gasteiger partial charge in [0.2, 0.25) is 0 Å². The zero-order valence-corrected chi connectivity index (χ0v) is 7.29. The summed E-state index contributed by atoms with van der Waals surface area (Å²) in [5.41, 5.74) is 0. The van der Waals surface area contributed by atoms with Crippen LogP contribution >= 0.6 is 0 Å². The summed E-state index contributed by atoms with van der Waals surface area (Å²) in [4.78, 5) is 0. The second kappa shape index (κ2) is 5.44. The van der Waals surface area contributed by atoms with Crippen LogP contribution < -0.4 is 5.32 Å². The van der Waals surface area contributed by atoms with Crippen LogP contribution in [0.15, 0.2) is 0 Å². The van der Waals surface area contributed by atoms with Crippen molar-refractivity contribution in [2.75, 3.05) is 18.8 Å². The molecule has 0 spiro atoms. The van der Waals surface area contributed by atoms with Crippen molar-refractivity contribution in [3.63, 3.8) is 0 Å². The van der Waals surface area contributed by atoms with E-state index in [4.69, 9.17) is 14.8 Å². The summed E-state index contributed by atoms with van der Waals surface area (Å²) in [7, 11) is -3.91. The lowest BCUT2D eigenvalue weighted by Gasteiger charge is -2.04. The molecular weight excluding hydrogens is 186 g/mol. The first kappa shape index (κ1) is 11.8. The summed E-state index contributed by atoms with van der Waals surface area (Å²) in [5.74, 6) is -0.367. The van der Waals surface area contributed by atoms with Crippen LogP contribution in [-0.4, -0.2) is 48.3 Å². The Labute approximate surface area is 71.0 Å². The predicted molar refractivity (Wildman–Crippen MR) is 42.1 cm³/mol. The third-order valence-electron chi connectivity index (χ3n) is 1.12. The lowest BCUT2D eigenvalue weighted by atomic mass is 10.4. The maximum atomic E-state index is 10.1. The fourth-order valence-corrected chi connectivity index (χ4v) is 0.960. The highest BCUT2D eigenvalue weighted by atomic mass is 32.2. The quantitative estimate of drug-likeness (QED) is 0.227. The molecule has 0 aromatic heterocycles. The van der Waals surface area contributed by atoms with Crippen LogP contribution in [0.1, 0.15) is 6.42 Å². The molecular formula is C5H13NO5S. The zero-order valence-electron chi connectivity index (χ0n) is 6.47. The summed E-state index contributed by atoms with van der Waals surface area (Å²) in [6.07, 6.45) is -1.26. The Morgan fingerprint density at radius 1 is 1.25 bits per heavy atom. The molecule has 0 fully saturated rings. The highest BCUT2D eigenvalue weighted by molar-refractivity contribution is 7.85. The van der Waals surface area contributed by atoms with Gasteiger partial charge >= 0.3 is 0 Å². The van der Waals surface area contributed by atoms with Crippen LogP contribution in [0.3, 0.4) is 0 Å². The summed E-state index contributed by atoms with van der Waals surface area (Å²) >= 11 is 0. The Balaban J connectivity index is 3.23. The molecule has 0 aliphatic rings. The van der Waals surface area contributed by atoms with Crippen molar-refractivity contribution in [3.05, 3.63) is 0 Å². The highest BCUT2D eigenvalue weighted by Gasteiger charge is 2.03. The van der Waals surface area contributed by atoms with E-state index in [0.717, 1.165) is 0 Å². The fraction of sp³-hybridized carbons (Fsp3) is 1.00. The molecule has 0 amide bonds. The Kier molecular flexibility index (Phi) is 5.34. The topological polar surface area (TPSA) is 107 Å². The van der Waals surface area contributed by atoms with Crippen molar-refractivity contribution >= 4 is 10.1 Å². The summed E-state index contributed by atoms with van der Waals surface area (Å²) in [5, 5.41) is 19.3. The third kappa shape index (κ3) is 9.79. The summed E-state index contributed by atoms with van der Waals surface area (Å²) in [6.45, 7) is 0.402. The molecule has 0 radical (unpaired) electrons. The molecule has 0 atom stereocenters. The van der Waals surface area contributed by atoms with Crippen molar-refractivity contribution < 1.29 is 23.2 Å². The van der Waals surface area contributed by atoms with Gasteiger partial charge in [-0.1, -0.05) is 0 Å². The van der Waals surface area contributed by atoms with Gasteiger partial charge < -0.3 is 15.5 Å². The molecule has 7 heteroatoms. The Morgan fingerprint density at radius 3 is 2.25 bits per heavy atom. The molecule has 0 aromatic rings. The first-order valence-corrected chi connectivity index (χ1v) is 5.05. The molecule has 74 valence electrons. The molecule has 4 N–H and O–H groups in total. The second-order valence-corrected chi connectivity index (χ2v) is 3.88. The van der Waals surface area contributed by atoms with Crippen molar-refractivity contribution in [2.24, 2.45) is 0 Å². The maximum Gasteiger partial charge on any atom is 0.266 e. The molecule has 0 saturated heterocycles. The minimum Gasteiger partial charge on any atom is -0.368 e. The maximum absolute atomic E-state index is 10.1. The van der Waals surface area contributed by atoms with E-state index in [1.165, 1.54) is 0 Å². The molecule has 0 saturated carbocycles. The Hall–Kier alpha value is -0.210. The molecule has 0 unspecified atom stereocenters. The van der Waals surface area contributed by atoms with Crippen LogP contribution in [0.4, 0.5) is 0 Å². The second-order valence-electron chi connectivity index (χ2n) is 2.31. The van der Waals surface area contributed by atoms with Crippen LogP contribution in [-0.2, 0) is 10.1 Å². The number of aliphatic hydroxyl groups is 2. The molecule has 0 aliphatic carbocycles. The number of hydrogen-bond acceptors (Lipinski definition) is 5. The van der Waals surface area contributed by atoms with Gasteiger partial charge in [0.25, 0.3) is 10.1 Å². The zero-order chi connectivity index (χ0) is 9.61. The van der Waals surface area contributed by atoms with Gasteiger partial charge in [-0.05, 0) is 6.54 Å². The standard InChI is InChI=1S/C5H13NO5S/c7-5(8)1-2-6-3-4-12(9,10)11/h5-8H,1-4H2,(H,9,10,11). The first-order valence-electron chi connectivity index (χ1n) is 3.44. The minimum atomic E-state index is -3.91. The van der Waals surface area contributed by atoms with E-state index in [2.05, 4.69) is 5.32 Å². The summed E-state index contributed by atoms with van der Waals surface area (Å²) < 4.78 is 28.5. The number of rotatable bonds is 6. The van der Waals surface area contributed by atoms with E-state index in [1.54, 1.807) is 0 Å². The van der Waals surface area contributed by atoms with Crippen LogP contribution in [0.25, 0.3) is 0 Å². The smallest absolute Gasteiger partial charge is 0.266 e. The Morgan fingerprint density at radius 2 is 1.83 bits per heavy atom. The monoisotopic (exact) mass is 199 g/mol. The average molecular weight is 199 g/mol. The van der Waals surface area contributed by atoms with E-state index in [0.29, 0.717) is 6.54 Å². The van der Waals surface area contributed by atoms with Gasteiger partial charge in [0.05, 0.1) is 5.75 Å². The van der Waals surface area contributed by atoms with Crippen LogP contribution in [0, 0.1) is 0 Å². The molecule has 0 rings (SSSR count). The third-order valence-corrected chi connectivity index (χ3v) is 1.84. The fourth-order valence-electron chi connectivity index (χ4n) is 0.557. The number of aliphatic hydroxyl groups excluding tert-OH is 1. The van der Waals surface area contributed by atoms with Gasteiger partial charge in [-0.15, -0.1) is 0 Å². The molecule has 0 aromatic carbocycles. The van der Waals surface area contributed by atoms with Crippen molar-refractivity contribution in [2.45, 2.75) is 12.7 Å². The van der Waals surface area contributed by atoms with E-state index < -0.39 is 16.4 Å². The lowest BCUT2D eigenvalue weighted by molar-refractivity contribution is -0.0443. The predicted octanol–water partition coefficient (Wildman–Crippen LogP) is -1.84. The van der Waals surface area contributed by atoms with Crippen molar-refractivity contribution in [1.29, 1.82) is 0 Å². The molecule has 6 nitrogen and oxygen atoms in total. The van der Waals surface area contributed by atoms with Gasteiger partial charge in [0.1, 0.15) is 0 Å². The van der Waals surface area contributed by atoms with E-state index in [1.807, 2.05) is 0 Å². The van der Waals surface area contributed by atoms with Crippen LogP contribution in [0.5, 0.6) is 0 Å². The molecule has 0 aliphatic heterocycles. The van der Waals surface area contributed by atoms with E-state index in [9.17, 15) is 8.42 Å². The van der Waals surface area contributed by atoms with Gasteiger partial charge in [0, 0.05) is 13.0 Å². The van der Waals surface area contributed by atoms with Gasteiger partial charge in [-0.2, -0.15) is 8.42 Å². The largest absolute Gasteiger partial charge is 0.368 e. The molecule has 12 heavy (non-hydrogen) atoms. The van der Waals surface area contributed by atoms with Crippen molar-refractivity contribution in [1.82, 2.24) is 5.32 Å².